The molecule has 0 atom stereocenters. The number of benzene rings is 1. The fourth-order valence-electron chi connectivity index (χ4n) is 1.51. The lowest BCUT2D eigenvalue weighted by Crippen LogP contribution is -1.97. The topological polar surface area (TPSA) is 83.4 Å². The van der Waals surface area contributed by atoms with E-state index >= 15 is 0 Å². The van der Waals surface area contributed by atoms with E-state index in [1.54, 1.807) is 26.4 Å². The molecule has 1 heterocycles. The minimum absolute atomic E-state index is 0.191. The first-order chi connectivity index (χ1) is 8.71. The zero-order valence-corrected chi connectivity index (χ0v) is 11.5. The zero-order chi connectivity index (χ0) is 13.1. The first-order valence-electron chi connectivity index (χ1n) is 5.14. The standard InChI is InChI=1S/C11H12BrN3O3/c1-16-6-3-4-7(17-2)10(12)9(6)11-14-8(5-13)18-15-11/h3-4H,5,13H2,1-2H3. The largest absolute Gasteiger partial charge is 0.496 e. The normalized spacial score (nSPS) is 10.4. The number of halogens is 1. The second-order valence-electron chi connectivity index (χ2n) is 3.37. The number of rotatable bonds is 4. The molecule has 0 aliphatic heterocycles. The van der Waals surface area contributed by atoms with Crippen molar-refractivity contribution in [2.75, 3.05) is 14.2 Å². The molecular weight excluding hydrogens is 302 g/mol. The molecule has 0 spiro atoms. The van der Waals surface area contributed by atoms with Crippen molar-refractivity contribution in [2.24, 2.45) is 5.73 Å². The van der Waals surface area contributed by atoms with Crippen molar-refractivity contribution in [1.29, 1.82) is 0 Å². The molecule has 96 valence electrons. The van der Waals surface area contributed by atoms with E-state index in [4.69, 9.17) is 19.7 Å². The number of nitrogens with zero attached hydrogens (tertiary/aromatic N) is 2. The molecule has 2 rings (SSSR count). The Morgan fingerprint density at radius 1 is 1.28 bits per heavy atom. The Labute approximate surface area is 112 Å². The fraction of sp³-hybridized carbons (Fsp3) is 0.273. The summed E-state index contributed by atoms with van der Waals surface area (Å²) in [6.07, 6.45) is 0. The van der Waals surface area contributed by atoms with E-state index in [0.29, 0.717) is 33.3 Å². The number of hydrogen-bond donors (Lipinski definition) is 1. The minimum Gasteiger partial charge on any atom is -0.496 e. The summed E-state index contributed by atoms with van der Waals surface area (Å²) >= 11 is 3.44. The van der Waals surface area contributed by atoms with Gasteiger partial charge in [0.05, 0.1) is 30.8 Å². The van der Waals surface area contributed by atoms with Crippen LogP contribution < -0.4 is 15.2 Å². The van der Waals surface area contributed by atoms with Crippen molar-refractivity contribution in [3.8, 4) is 22.9 Å². The molecule has 6 nitrogen and oxygen atoms in total. The van der Waals surface area contributed by atoms with Crippen molar-refractivity contribution in [1.82, 2.24) is 10.1 Å². The Kier molecular flexibility index (Phi) is 3.83. The average molecular weight is 314 g/mol. The van der Waals surface area contributed by atoms with Crippen molar-refractivity contribution >= 4 is 15.9 Å². The van der Waals surface area contributed by atoms with E-state index in [1.807, 2.05) is 0 Å². The highest BCUT2D eigenvalue weighted by Crippen LogP contribution is 2.40. The smallest absolute Gasteiger partial charge is 0.240 e. The van der Waals surface area contributed by atoms with Crippen LogP contribution >= 0.6 is 15.9 Å². The van der Waals surface area contributed by atoms with Gasteiger partial charge < -0.3 is 19.7 Å². The fourth-order valence-corrected chi connectivity index (χ4v) is 2.18. The lowest BCUT2D eigenvalue weighted by molar-refractivity contribution is 0.379. The number of aromatic nitrogens is 2. The van der Waals surface area contributed by atoms with Crippen LogP contribution in [0.3, 0.4) is 0 Å². The Balaban J connectivity index is 2.59. The molecule has 0 saturated heterocycles. The van der Waals surface area contributed by atoms with E-state index in [-0.39, 0.29) is 6.54 Å². The van der Waals surface area contributed by atoms with E-state index in [9.17, 15) is 0 Å². The summed E-state index contributed by atoms with van der Waals surface area (Å²) in [5.41, 5.74) is 6.11. The van der Waals surface area contributed by atoms with Crippen LogP contribution in [0.2, 0.25) is 0 Å². The highest BCUT2D eigenvalue weighted by Gasteiger charge is 2.19. The average Bonchev–Trinajstić information content (AvgIpc) is 2.86. The quantitative estimate of drug-likeness (QED) is 0.929. The maximum Gasteiger partial charge on any atom is 0.240 e. The summed E-state index contributed by atoms with van der Waals surface area (Å²) in [5, 5.41) is 3.87. The van der Waals surface area contributed by atoms with Gasteiger partial charge in [0.25, 0.3) is 0 Å². The van der Waals surface area contributed by atoms with Gasteiger partial charge in [-0.1, -0.05) is 5.16 Å². The van der Waals surface area contributed by atoms with Crippen molar-refractivity contribution in [3.05, 3.63) is 22.5 Å². The number of ether oxygens (including phenoxy) is 2. The highest BCUT2D eigenvalue weighted by molar-refractivity contribution is 9.10. The van der Waals surface area contributed by atoms with Crippen LogP contribution in [-0.4, -0.2) is 24.4 Å². The maximum atomic E-state index is 5.44. The van der Waals surface area contributed by atoms with Crippen LogP contribution in [0.15, 0.2) is 21.1 Å². The molecule has 0 unspecified atom stereocenters. The Morgan fingerprint density at radius 3 is 2.50 bits per heavy atom. The number of nitrogens with two attached hydrogens (primary N) is 1. The van der Waals surface area contributed by atoms with Gasteiger partial charge in [-0.05, 0) is 28.1 Å². The summed E-state index contributed by atoms with van der Waals surface area (Å²) in [5.74, 6) is 2.04. The van der Waals surface area contributed by atoms with Gasteiger partial charge in [-0.15, -0.1) is 0 Å². The van der Waals surface area contributed by atoms with Crippen molar-refractivity contribution in [3.63, 3.8) is 0 Å². The second-order valence-corrected chi connectivity index (χ2v) is 4.17. The molecule has 1 aromatic heterocycles. The molecule has 0 amide bonds. The molecule has 0 aliphatic carbocycles. The number of hydrogen-bond acceptors (Lipinski definition) is 6. The molecule has 0 aliphatic rings. The Hall–Kier alpha value is -1.60. The summed E-state index contributed by atoms with van der Waals surface area (Å²) in [7, 11) is 3.15. The first kappa shape index (κ1) is 12.8. The Morgan fingerprint density at radius 2 is 1.94 bits per heavy atom. The Bertz CT molecular complexity index is 556. The lowest BCUT2D eigenvalue weighted by atomic mass is 10.2. The van der Waals surface area contributed by atoms with Gasteiger partial charge in [0, 0.05) is 0 Å². The molecular formula is C11H12BrN3O3. The molecule has 0 fully saturated rings. The third-order valence-electron chi connectivity index (χ3n) is 2.37. The maximum absolute atomic E-state index is 5.44. The molecule has 0 saturated carbocycles. The first-order valence-corrected chi connectivity index (χ1v) is 5.94. The van der Waals surface area contributed by atoms with Crippen LogP contribution in [0, 0.1) is 0 Å². The number of methoxy groups -OCH3 is 2. The van der Waals surface area contributed by atoms with Gasteiger partial charge in [0.1, 0.15) is 11.5 Å². The molecule has 0 bridgehead atoms. The summed E-state index contributed by atoms with van der Waals surface area (Å²) < 4.78 is 16.2. The third kappa shape index (κ3) is 2.19. The predicted molar refractivity (Wildman–Crippen MR) is 68.4 cm³/mol. The van der Waals surface area contributed by atoms with Crippen LogP contribution in [0.1, 0.15) is 5.89 Å². The van der Waals surface area contributed by atoms with Crippen LogP contribution in [0.4, 0.5) is 0 Å². The molecule has 18 heavy (non-hydrogen) atoms. The third-order valence-corrected chi connectivity index (χ3v) is 3.16. The predicted octanol–water partition coefficient (Wildman–Crippen LogP) is 1.97. The summed E-state index contributed by atoms with van der Waals surface area (Å²) in [4.78, 5) is 4.18. The van der Waals surface area contributed by atoms with Crippen molar-refractivity contribution in [2.45, 2.75) is 6.54 Å². The van der Waals surface area contributed by atoms with E-state index in [2.05, 4.69) is 26.1 Å². The minimum atomic E-state index is 0.191. The van der Waals surface area contributed by atoms with Gasteiger partial charge in [-0.2, -0.15) is 4.98 Å². The molecule has 2 aromatic rings. The second kappa shape index (κ2) is 5.36. The summed E-state index contributed by atoms with van der Waals surface area (Å²) in [6, 6.07) is 3.56. The molecule has 1 aromatic carbocycles. The van der Waals surface area contributed by atoms with Crippen molar-refractivity contribution < 1.29 is 14.0 Å². The SMILES string of the molecule is COc1ccc(OC)c(-c2noc(CN)n2)c1Br. The molecule has 7 heteroatoms. The van der Waals surface area contributed by atoms with Crippen LogP contribution in [0.5, 0.6) is 11.5 Å². The molecule has 2 N–H and O–H groups in total. The summed E-state index contributed by atoms with van der Waals surface area (Å²) in [6.45, 7) is 0.191. The van der Waals surface area contributed by atoms with Gasteiger partial charge in [0.2, 0.25) is 11.7 Å². The van der Waals surface area contributed by atoms with Crippen LogP contribution in [0.25, 0.3) is 11.4 Å². The van der Waals surface area contributed by atoms with E-state index in [1.165, 1.54) is 0 Å². The highest BCUT2D eigenvalue weighted by atomic mass is 79.9. The lowest BCUT2D eigenvalue weighted by Gasteiger charge is -2.10. The van der Waals surface area contributed by atoms with Gasteiger partial charge >= 0.3 is 0 Å². The van der Waals surface area contributed by atoms with Crippen LogP contribution in [-0.2, 0) is 6.54 Å². The van der Waals surface area contributed by atoms with Gasteiger partial charge in [-0.3, -0.25) is 0 Å². The zero-order valence-electron chi connectivity index (χ0n) is 9.94. The van der Waals surface area contributed by atoms with Gasteiger partial charge in [-0.25, -0.2) is 0 Å². The van der Waals surface area contributed by atoms with E-state index < -0.39 is 0 Å². The molecule has 0 radical (unpaired) electrons. The van der Waals surface area contributed by atoms with Gasteiger partial charge in [0.15, 0.2) is 0 Å². The monoisotopic (exact) mass is 313 g/mol. The van der Waals surface area contributed by atoms with E-state index in [0.717, 1.165) is 0 Å².